The van der Waals surface area contributed by atoms with Crippen molar-refractivity contribution in [3.8, 4) is 0 Å². The molecule has 205 valence electrons. The van der Waals surface area contributed by atoms with Gasteiger partial charge in [0.05, 0.1) is 20.1 Å². The van der Waals surface area contributed by atoms with E-state index >= 15 is 0 Å². The quantitative estimate of drug-likeness (QED) is 0.0662. The highest BCUT2D eigenvalue weighted by Gasteiger charge is 2.15. The van der Waals surface area contributed by atoms with Crippen LogP contribution in [0.4, 0.5) is 0 Å². The summed E-state index contributed by atoms with van der Waals surface area (Å²) >= 11 is 0. The first-order valence-corrected chi connectivity index (χ1v) is 18.3. The lowest BCUT2D eigenvalue weighted by Crippen LogP contribution is -2.36. The second kappa shape index (κ2) is 27.1. The van der Waals surface area contributed by atoms with E-state index in [1.807, 2.05) is 0 Å². The summed E-state index contributed by atoms with van der Waals surface area (Å²) in [5, 5.41) is 13.5. The minimum absolute atomic E-state index is 0.152. The van der Waals surface area contributed by atoms with Gasteiger partial charge in [-0.25, -0.2) is 0 Å². The van der Waals surface area contributed by atoms with Gasteiger partial charge in [0.15, 0.2) is 8.58 Å². The van der Waals surface area contributed by atoms with Gasteiger partial charge in [0.25, 0.3) is 0 Å². The highest BCUT2D eigenvalue weighted by Crippen LogP contribution is 2.15. The number of rotatable bonds is 27. The number of carbonyl (C=O) groups is 1. The van der Waals surface area contributed by atoms with Gasteiger partial charge in [-0.15, -0.1) is 8.79 Å². The van der Waals surface area contributed by atoms with E-state index in [9.17, 15) is 9.90 Å². The Morgan fingerprint density at radius 1 is 0.771 bits per heavy atom. The molecule has 2 N–H and O–H groups in total. The number of amides is 1. The van der Waals surface area contributed by atoms with Crippen LogP contribution in [-0.2, 0) is 9.22 Å². The largest absolute Gasteiger partial charge is 0.419 e. The molecule has 0 aromatic rings. The zero-order valence-electron chi connectivity index (χ0n) is 23.3. The molecule has 0 saturated carbocycles. The Labute approximate surface area is 224 Å². The molecule has 3 atom stereocenters. The number of hydrogen-bond acceptors (Lipinski definition) is 3. The van der Waals surface area contributed by atoms with Gasteiger partial charge in [-0.05, 0) is 25.7 Å². The number of hydrogen-bond donors (Lipinski definition) is 2. The van der Waals surface area contributed by atoms with Crippen LogP contribution in [0.25, 0.3) is 0 Å². The van der Waals surface area contributed by atoms with Crippen molar-refractivity contribution < 1.29 is 14.3 Å². The fourth-order valence-corrected chi connectivity index (χ4v) is 5.23. The first-order valence-electron chi connectivity index (χ1n) is 15.0. The number of carbonyl (C=O) groups excluding carboxylic acids is 1. The van der Waals surface area contributed by atoms with Crippen LogP contribution in [0.3, 0.4) is 0 Å². The van der Waals surface area contributed by atoms with Crippen molar-refractivity contribution in [2.45, 2.75) is 167 Å². The summed E-state index contributed by atoms with van der Waals surface area (Å²) < 4.78 is 5.39. The van der Waals surface area contributed by atoms with E-state index in [1.165, 1.54) is 96.3 Å². The van der Waals surface area contributed by atoms with Gasteiger partial charge in [0, 0.05) is 12.5 Å². The van der Waals surface area contributed by atoms with Gasteiger partial charge in [-0.1, -0.05) is 123 Å². The summed E-state index contributed by atoms with van der Waals surface area (Å²) in [6, 6.07) is 0.152. The predicted octanol–water partition coefficient (Wildman–Crippen LogP) is 7.50. The molecule has 0 aromatic carbocycles. The van der Waals surface area contributed by atoms with E-state index in [1.54, 1.807) is 0 Å². The third kappa shape index (κ3) is 27.0. The monoisotopic (exact) mass is 526 g/mol. The lowest BCUT2D eigenvalue weighted by atomic mass is 10.00. The summed E-state index contributed by atoms with van der Waals surface area (Å²) in [5.74, 6) is 0.178. The van der Waals surface area contributed by atoms with Crippen molar-refractivity contribution in [3.63, 3.8) is 0 Å². The molecule has 0 spiro atoms. The molecule has 0 heterocycles. The minimum atomic E-state index is -1.35. The number of aliphatic hydroxyl groups excluding tert-OH is 1. The minimum Gasteiger partial charge on any atom is -0.419 e. The molecule has 7 heteroatoms. The highest BCUT2D eigenvalue weighted by molar-refractivity contribution is 7.70. The summed E-state index contributed by atoms with van der Waals surface area (Å²) in [6.45, 7) is 4.80. The van der Waals surface area contributed by atoms with Crippen molar-refractivity contribution >= 4 is 30.7 Å². The van der Waals surface area contributed by atoms with Gasteiger partial charge in [0.2, 0.25) is 5.91 Å². The first-order chi connectivity index (χ1) is 17.0. The second-order valence-electron chi connectivity index (χ2n) is 10.4. The van der Waals surface area contributed by atoms with Crippen LogP contribution < -0.4 is 5.32 Å². The number of aliphatic hydroxyl groups is 1. The third-order valence-electron chi connectivity index (χ3n) is 6.82. The molecule has 35 heavy (non-hydrogen) atoms. The fraction of sp³-hybridized carbons (Fsp3) is 0.964. The standard InChI is InChI=1S/C28H58BNO3PSi/c1-3-5-7-9-11-12-13-14-16-18-20-22-28(32)30-26(21-19-17-15-10-8-6-4-2)23-24-27(31)25-33-35(29)34/h26-27,31H,3-25,34H2,1-2H3,(H,30,32). The SMILES string of the molecule is [B][Si](P)OCC(O)CCC(CCCCCCCCC)NC(=O)CCCCCCCCCCCCC. The molecule has 0 fully saturated rings. The van der Waals surface area contributed by atoms with Crippen LogP contribution in [0.1, 0.15) is 155 Å². The maximum absolute atomic E-state index is 12.6. The molecule has 4 nitrogen and oxygen atoms in total. The summed E-state index contributed by atoms with van der Waals surface area (Å²) in [6.07, 6.45) is 25.7. The van der Waals surface area contributed by atoms with E-state index in [-0.39, 0.29) is 18.6 Å². The Hall–Kier alpha value is 0.102. The Kier molecular flexibility index (Phi) is 27.2. The Morgan fingerprint density at radius 2 is 1.23 bits per heavy atom. The lowest BCUT2D eigenvalue weighted by Gasteiger charge is -2.21. The van der Waals surface area contributed by atoms with Crippen LogP contribution in [0.15, 0.2) is 0 Å². The third-order valence-corrected chi connectivity index (χ3v) is 7.82. The molecular weight excluding hydrogens is 468 g/mol. The zero-order valence-corrected chi connectivity index (χ0v) is 25.5. The molecule has 0 saturated heterocycles. The van der Waals surface area contributed by atoms with E-state index in [0.29, 0.717) is 12.8 Å². The molecule has 0 aromatic heterocycles. The molecule has 0 aliphatic rings. The lowest BCUT2D eigenvalue weighted by molar-refractivity contribution is -0.122. The van der Waals surface area contributed by atoms with Crippen molar-refractivity contribution in [2.24, 2.45) is 0 Å². The molecular formula is C28H58BNO3PSi. The van der Waals surface area contributed by atoms with Gasteiger partial charge in [-0.2, -0.15) is 0 Å². The van der Waals surface area contributed by atoms with E-state index in [2.05, 4.69) is 28.0 Å². The van der Waals surface area contributed by atoms with Crippen LogP contribution in [0, 0.1) is 0 Å². The average Bonchev–Trinajstić information content (AvgIpc) is 2.83. The zero-order chi connectivity index (χ0) is 26.0. The van der Waals surface area contributed by atoms with Crippen molar-refractivity contribution in [1.29, 1.82) is 0 Å². The van der Waals surface area contributed by atoms with E-state index in [0.717, 1.165) is 32.1 Å². The molecule has 1 amide bonds. The second-order valence-corrected chi connectivity index (χ2v) is 13.2. The van der Waals surface area contributed by atoms with Crippen LogP contribution in [0.5, 0.6) is 0 Å². The van der Waals surface area contributed by atoms with Gasteiger partial charge in [-0.3, -0.25) is 4.79 Å². The molecule has 0 rings (SSSR count). The van der Waals surface area contributed by atoms with E-state index in [4.69, 9.17) is 11.9 Å². The fourth-order valence-electron chi connectivity index (χ4n) is 4.56. The number of nitrogens with one attached hydrogen (secondary N) is 1. The smallest absolute Gasteiger partial charge is 0.220 e. The molecule has 0 aliphatic heterocycles. The van der Waals surface area contributed by atoms with Gasteiger partial charge >= 0.3 is 0 Å². The molecule has 3 radical (unpaired) electrons. The highest BCUT2D eigenvalue weighted by atomic mass is 31.3. The maximum Gasteiger partial charge on any atom is 0.220 e. The maximum atomic E-state index is 12.6. The van der Waals surface area contributed by atoms with Crippen molar-refractivity contribution in [3.05, 3.63) is 0 Å². The van der Waals surface area contributed by atoms with Crippen LogP contribution in [0.2, 0.25) is 0 Å². The van der Waals surface area contributed by atoms with Crippen molar-refractivity contribution in [2.75, 3.05) is 6.61 Å². The summed E-state index contributed by atoms with van der Waals surface area (Å²) in [7, 11) is 6.80. The van der Waals surface area contributed by atoms with E-state index < -0.39 is 14.7 Å². The van der Waals surface area contributed by atoms with Gasteiger partial charge in [0.1, 0.15) is 0 Å². The Balaban J connectivity index is 4.07. The predicted molar refractivity (Wildman–Crippen MR) is 158 cm³/mol. The summed E-state index contributed by atoms with van der Waals surface area (Å²) in [4.78, 5) is 12.6. The van der Waals surface area contributed by atoms with Crippen LogP contribution >= 0.6 is 8.79 Å². The Bertz CT molecular complexity index is 460. The summed E-state index contributed by atoms with van der Waals surface area (Å²) in [5.41, 5.74) is 0. The van der Waals surface area contributed by atoms with Crippen LogP contribution in [-0.4, -0.2) is 45.8 Å². The topological polar surface area (TPSA) is 58.6 Å². The molecule has 0 aliphatic carbocycles. The van der Waals surface area contributed by atoms with Crippen molar-refractivity contribution in [1.82, 2.24) is 5.32 Å². The average molecular weight is 527 g/mol. The molecule has 3 unspecified atom stereocenters. The number of unbranched alkanes of at least 4 members (excludes halogenated alkanes) is 16. The Morgan fingerprint density at radius 3 is 1.71 bits per heavy atom. The first kappa shape index (κ1) is 35.1. The molecule has 0 bridgehead atoms. The normalized spacial score (nSPS) is 13.3. The van der Waals surface area contributed by atoms with Gasteiger partial charge < -0.3 is 14.8 Å².